The number of ether oxygens (including phenoxy) is 1. The first kappa shape index (κ1) is 7.89. The third-order valence-electron chi connectivity index (χ3n) is 0.967. The van der Waals surface area contributed by atoms with Crippen molar-refractivity contribution in [2.75, 3.05) is 13.3 Å². The van der Waals surface area contributed by atoms with Crippen molar-refractivity contribution in [3.63, 3.8) is 0 Å². The maximum Gasteiger partial charge on any atom is 0.0919 e. The van der Waals surface area contributed by atoms with Gasteiger partial charge in [-0.25, -0.2) is 0 Å². The summed E-state index contributed by atoms with van der Waals surface area (Å²) in [6.45, 7) is 4.19. The Morgan fingerprint density at radius 3 is 2.62 bits per heavy atom. The van der Waals surface area contributed by atoms with Crippen LogP contribution in [0.1, 0.15) is 20.3 Å². The Morgan fingerprint density at radius 2 is 2.25 bits per heavy atom. The van der Waals surface area contributed by atoms with Crippen molar-refractivity contribution in [2.24, 2.45) is 0 Å². The van der Waals surface area contributed by atoms with Gasteiger partial charge in [0.15, 0.2) is 0 Å². The predicted molar refractivity (Wildman–Crippen MR) is 31.7 cm³/mol. The van der Waals surface area contributed by atoms with Gasteiger partial charge in [0.25, 0.3) is 0 Å². The van der Waals surface area contributed by atoms with Crippen molar-refractivity contribution in [1.82, 2.24) is 0 Å². The molecule has 0 bridgehead atoms. The van der Waals surface area contributed by atoms with Crippen LogP contribution in [0, 0.1) is 0 Å². The van der Waals surface area contributed by atoms with Crippen molar-refractivity contribution >= 4 is 0 Å². The van der Waals surface area contributed by atoms with Gasteiger partial charge in [0.05, 0.1) is 12.8 Å². The molecule has 0 aliphatic heterocycles. The van der Waals surface area contributed by atoms with Crippen molar-refractivity contribution in [2.45, 2.75) is 26.4 Å². The molecule has 0 aliphatic rings. The van der Waals surface area contributed by atoms with Gasteiger partial charge in [-0.3, -0.25) is 4.39 Å². The van der Waals surface area contributed by atoms with E-state index >= 15 is 0 Å². The summed E-state index contributed by atoms with van der Waals surface area (Å²) >= 11 is 0. The van der Waals surface area contributed by atoms with Crippen LogP contribution in [0.25, 0.3) is 0 Å². The lowest BCUT2D eigenvalue weighted by Gasteiger charge is -2.06. The molecule has 0 aromatic heterocycles. The summed E-state index contributed by atoms with van der Waals surface area (Å²) < 4.78 is 16.5. The first-order chi connectivity index (χ1) is 3.81. The third kappa shape index (κ3) is 4.06. The van der Waals surface area contributed by atoms with Crippen LogP contribution in [0.3, 0.4) is 0 Å². The molecular formula is C6H13FO. The van der Waals surface area contributed by atoms with Gasteiger partial charge in [0.1, 0.15) is 0 Å². The zero-order valence-corrected chi connectivity index (χ0v) is 5.48. The molecule has 0 saturated carbocycles. The van der Waals surface area contributed by atoms with E-state index < -0.39 is 0 Å². The van der Waals surface area contributed by atoms with E-state index in [1.807, 2.05) is 13.8 Å². The summed E-state index contributed by atoms with van der Waals surface area (Å²) in [5, 5.41) is 0. The number of alkyl halides is 1. The number of hydrogen-bond donors (Lipinski definition) is 0. The van der Waals surface area contributed by atoms with E-state index in [9.17, 15) is 4.39 Å². The van der Waals surface area contributed by atoms with Gasteiger partial charge < -0.3 is 4.74 Å². The number of hydrogen-bond acceptors (Lipinski definition) is 1. The highest BCUT2D eigenvalue weighted by Crippen LogP contribution is 1.95. The highest BCUT2D eigenvalue weighted by molar-refractivity contribution is 4.45. The minimum absolute atomic E-state index is 0.0880. The lowest BCUT2D eigenvalue weighted by molar-refractivity contribution is 0.0654. The van der Waals surface area contributed by atoms with Crippen molar-refractivity contribution in [3.05, 3.63) is 0 Å². The van der Waals surface area contributed by atoms with Gasteiger partial charge in [-0.15, -0.1) is 0 Å². The van der Waals surface area contributed by atoms with Crippen LogP contribution in [0.4, 0.5) is 4.39 Å². The number of halogens is 1. The van der Waals surface area contributed by atoms with E-state index in [-0.39, 0.29) is 12.8 Å². The Balaban J connectivity index is 2.92. The van der Waals surface area contributed by atoms with Crippen LogP contribution in [-0.2, 0) is 4.74 Å². The lowest BCUT2D eigenvalue weighted by Crippen LogP contribution is -2.07. The second kappa shape index (κ2) is 5.04. The maximum atomic E-state index is 11.5. The van der Waals surface area contributed by atoms with Crippen molar-refractivity contribution < 1.29 is 9.13 Å². The van der Waals surface area contributed by atoms with Gasteiger partial charge in [-0.2, -0.15) is 0 Å². The quantitative estimate of drug-likeness (QED) is 0.549. The second-order valence-electron chi connectivity index (χ2n) is 1.74. The molecule has 0 fully saturated rings. The molecule has 50 valence electrons. The summed E-state index contributed by atoms with van der Waals surface area (Å²) in [5.41, 5.74) is 0. The zero-order valence-electron chi connectivity index (χ0n) is 5.48. The van der Waals surface area contributed by atoms with Gasteiger partial charge >= 0.3 is 0 Å². The SMILES string of the molecule is CCOC(C)CCF. The third-order valence-corrected chi connectivity index (χ3v) is 0.967. The molecule has 1 atom stereocenters. The summed E-state index contributed by atoms with van der Waals surface area (Å²) in [6.07, 6.45) is 0.610. The molecule has 8 heavy (non-hydrogen) atoms. The molecule has 0 heterocycles. The molecule has 2 heteroatoms. The summed E-state index contributed by atoms with van der Waals surface area (Å²) in [6, 6.07) is 0. The Bertz CT molecular complexity index is 41.8. The zero-order chi connectivity index (χ0) is 6.41. The minimum Gasteiger partial charge on any atom is -0.379 e. The second-order valence-corrected chi connectivity index (χ2v) is 1.74. The fourth-order valence-electron chi connectivity index (χ4n) is 0.522. The molecule has 0 aliphatic carbocycles. The Hall–Kier alpha value is -0.110. The summed E-state index contributed by atoms with van der Waals surface area (Å²) in [4.78, 5) is 0. The van der Waals surface area contributed by atoms with Crippen LogP contribution in [-0.4, -0.2) is 19.4 Å². The highest BCUT2D eigenvalue weighted by atomic mass is 19.1. The standard InChI is InChI=1S/C6H13FO/c1-3-8-6(2)4-5-7/h6H,3-5H2,1-2H3. The molecule has 0 aromatic carbocycles. The van der Waals surface area contributed by atoms with Crippen LogP contribution in [0.15, 0.2) is 0 Å². The molecule has 0 aromatic rings. The normalized spacial score (nSPS) is 13.9. The smallest absolute Gasteiger partial charge is 0.0919 e. The van der Waals surface area contributed by atoms with Gasteiger partial charge in [-0.05, 0) is 13.8 Å². The van der Waals surface area contributed by atoms with Crippen LogP contribution < -0.4 is 0 Å². The number of rotatable bonds is 4. The van der Waals surface area contributed by atoms with Crippen LogP contribution >= 0.6 is 0 Å². The monoisotopic (exact) mass is 120 g/mol. The fourth-order valence-corrected chi connectivity index (χ4v) is 0.522. The van der Waals surface area contributed by atoms with Gasteiger partial charge in [0, 0.05) is 13.0 Å². The minimum atomic E-state index is -0.277. The Kier molecular flexibility index (Phi) is 4.97. The molecule has 0 rings (SSSR count). The van der Waals surface area contributed by atoms with Crippen LogP contribution in [0.5, 0.6) is 0 Å². The average Bonchev–Trinajstić information content (AvgIpc) is 1.68. The summed E-state index contributed by atoms with van der Waals surface area (Å²) in [7, 11) is 0. The highest BCUT2D eigenvalue weighted by Gasteiger charge is 1.97. The van der Waals surface area contributed by atoms with Crippen LogP contribution in [0.2, 0.25) is 0 Å². The van der Waals surface area contributed by atoms with E-state index in [1.54, 1.807) is 0 Å². The average molecular weight is 120 g/mol. The van der Waals surface area contributed by atoms with Gasteiger partial charge in [0.2, 0.25) is 0 Å². The Labute approximate surface area is 49.8 Å². The maximum absolute atomic E-state index is 11.5. The van der Waals surface area contributed by atoms with E-state index in [0.717, 1.165) is 0 Å². The topological polar surface area (TPSA) is 9.23 Å². The van der Waals surface area contributed by atoms with Crippen molar-refractivity contribution in [1.29, 1.82) is 0 Å². The van der Waals surface area contributed by atoms with E-state index in [0.29, 0.717) is 13.0 Å². The molecular weight excluding hydrogens is 107 g/mol. The predicted octanol–water partition coefficient (Wildman–Crippen LogP) is 1.77. The van der Waals surface area contributed by atoms with Crippen molar-refractivity contribution in [3.8, 4) is 0 Å². The fraction of sp³-hybridized carbons (Fsp3) is 1.00. The largest absolute Gasteiger partial charge is 0.379 e. The molecule has 1 nitrogen and oxygen atoms in total. The first-order valence-electron chi connectivity index (χ1n) is 2.98. The van der Waals surface area contributed by atoms with E-state index in [1.165, 1.54) is 0 Å². The Morgan fingerprint density at radius 1 is 1.62 bits per heavy atom. The molecule has 0 radical (unpaired) electrons. The van der Waals surface area contributed by atoms with E-state index in [4.69, 9.17) is 4.74 Å². The lowest BCUT2D eigenvalue weighted by atomic mass is 10.3. The molecule has 1 unspecified atom stereocenters. The first-order valence-corrected chi connectivity index (χ1v) is 2.98. The van der Waals surface area contributed by atoms with E-state index in [2.05, 4.69) is 0 Å². The molecule has 0 saturated heterocycles. The van der Waals surface area contributed by atoms with Gasteiger partial charge in [-0.1, -0.05) is 0 Å². The summed E-state index contributed by atoms with van der Waals surface area (Å²) in [5.74, 6) is 0. The molecule has 0 amide bonds. The molecule has 0 spiro atoms. The molecule has 0 N–H and O–H groups in total.